The molecule has 1 atom stereocenters. The SMILES string of the molecule is CCCOC(=O)NC(CC(=O)NCCOCCOC(C)=O)C(=O)NCCOCCOC(C)=O. The number of esters is 2. The summed E-state index contributed by atoms with van der Waals surface area (Å²) < 4.78 is 24.7. The van der Waals surface area contributed by atoms with Crippen molar-refractivity contribution < 1.29 is 47.7 Å². The zero-order valence-corrected chi connectivity index (χ0v) is 19.4. The molecule has 13 heteroatoms. The van der Waals surface area contributed by atoms with Gasteiger partial charge in [-0.1, -0.05) is 6.92 Å². The molecule has 0 saturated heterocycles. The molecule has 0 saturated carbocycles. The molecule has 0 heterocycles. The van der Waals surface area contributed by atoms with Crippen molar-refractivity contribution in [2.45, 2.75) is 39.7 Å². The van der Waals surface area contributed by atoms with Gasteiger partial charge < -0.3 is 39.6 Å². The van der Waals surface area contributed by atoms with Crippen LogP contribution in [0.5, 0.6) is 0 Å². The normalized spacial score (nSPS) is 11.1. The Bertz CT molecular complexity index is 615. The van der Waals surface area contributed by atoms with Crippen LogP contribution in [0, 0.1) is 0 Å². The van der Waals surface area contributed by atoms with Crippen molar-refractivity contribution in [3.05, 3.63) is 0 Å². The number of carbonyl (C=O) groups is 5. The average molecular weight is 478 g/mol. The highest BCUT2D eigenvalue weighted by atomic mass is 16.6. The van der Waals surface area contributed by atoms with Gasteiger partial charge in [0.1, 0.15) is 19.3 Å². The first-order valence-electron chi connectivity index (χ1n) is 10.7. The molecule has 3 N–H and O–H groups in total. The monoisotopic (exact) mass is 477 g/mol. The summed E-state index contributed by atoms with van der Waals surface area (Å²) in [6.07, 6.45) is -0.517. The fourth-order valence-electron chi connectivity index (χ4n) is 2.17. The summed E-state index contributed by atoms with van der Waals surface area (Å²) in [4.78, 5) is 57.7. The van der Waals surface area contributed by atoms with E-state index in [9.17, 15) is 24.0 Å². The van der Waals surface area contributed by atoms with E-state index in [1.807, 2.05) is 6.92 Å². The van der Waals surface area contributed by atoms with E-state index in [0.29, 0.717) is 6.42 Å². The highest BCUT2D eigenvalue weighted by Crippen LogP contribution is 1.96. The summed E-state index contributed by atoms with van der Waals surface area (Å²) in [6, 6.07) is -1.15. The maximum atomic E-state index is 12.4. The van der Waals surface area contributed by atoms with Crippen molar-refractivity contribution in [2.24, 2.45) is 0 Å². The highest BCUT2D eigenvalue weighted by molar-refractivity contribution is 5.90. The van der Waals surface area contributed by atoms with Crippen LogP contribution in [-0.2, 0) is 42.9 Å². The lowest BCUT2D eigenvalue weighted by Gasteiger charge is -2.18. The second kappa shape index (κ2) is 19.7. The maximum Gasteiger partial charge on any atom is 0.407 e. The molecule has 33 heavy (non-hydrogen) atoms. The Morgan fingerprint density at radius 3 is 1.76 bits per heavy atom. The van der Waals surface area contributed by atoms with Crippen molar-refractivity contribution in [1.82, 2.24) is 16.0 Å². The lowest BCUT2D eigenvalue weighted by Crippen LogP contribution is -2.50. The average Bonchev–Trinajstić information content (AvgIpc) is 2.75. The molecule has 0 bridgehead atoms. The Morgan fingerprint density at radius 1 is 0.697 bits per heavy atom. The van der Waals surface area contributed by atoms with E-state index in [1.54, 1.807) is 0 Å². The third-order valence-corrected chi connectivity index (χ3v) is 3.62. The second-order valence-corrected chi connectivity index (χ2v) is 6.58. The summed E-state index contributed by atoms with van der Waals surface area (Å²) in [5.74, 6) is -1.88. The molecule has 0 aliphatic rings. The van der Waals surface area contributed by atoms with Crippen LogP contribution in [0.4, 0.5) is 4.79 Å². The second-order valence-electron chi connectivity index (χ2n) is 6.58. The first-order valence-corrected chi connectivity index (χ1v) is 10.7. The Balaban J connectivity index is 4.35. The Labute approximate surface area is 193 Å². The third kappa shape index (κ3) is 19.5. The van der Waals surface area contributed by atoms with E-state index in [-0.39, 0.29) is 65.8 Å². The van der Waals surface area contributed by atoms with Gasteiger partial charge in [-0.3, -0.25) is 19.2 Å². The van der Waals surface area contributed by atoms with Gasteiger partial charge in [-0.25, -0.2) is 4.79 Å². The zero-order valence-electron chi connectivity index (χ0n) is 19.4. The van der Waals surface area contributed by atoms with Gasteiger partial charge in [0.25, 0.3) is 0 Å². The molecule has 0 aromatic carbocycles. The molecule has 0 aromatic heterocycles. The topological polar surface area (TPSA) is 168 Å². The molecule has 3 amide bonds. The van der Waals surface area contributed by atoms with E-state index in [4.69, 9.17) is 23.7 Å². The Kier molecular flexibility index (Phi) is 18.0. The van der Waals surface area contributed by atoms with Crippen LogP contribution >= 0.6 is 0 Å². The fourth-order valence-corrected chi connectivity index (χ4v) is 2.17. The number of carbonyl (C=O) groups excluding carboxylic acids is 5. The van der Waals surface area contributed by atoms with Crippen LogP contribution in [0.25, 0.3) is 0 Å². The van der Waals surface area contributed by atoms with Gasteiger partial charge in [-0.2, -0.15) is 0 Å². The molecule has 0 aliphatic heterocycles. The van der Waals surface area contributed by atoms with E-state index in [1.165, 1.54) is 13.8 Å². The summed E-state index contributed by atoms with van der Waals surface area (Å²) >= 11 is 0. The molecule has 1 unspecified atom stereocenters. The lowest BCUT2D eigenvalue weighted by molar-refractivity contribution is -0.143. The van der Waals surface area contributed by atoms with Crippen molar-refractivity contribution in [1.29, 1.82) is 0 Å². The maximum absolute atomic E-state index is 12.4. The minimum atomic E-state index is -1.15. The molecule has 0 spiro atoms. The minimum Gasteiger partial charge on any atom is -0.463 e. The van der Waals surface area contributed by atoms with Crippen molar-refractivity contribution in [3.63, 3.8) is 0 Å². The van der Waals surface area contributed by atoms with Gasteiger partial charge in [-0.15, -0.1) is 0 Å². The molecular weight excluding hydrogens is 442 g/mol. The first kappa shape index (κ1) is 30.1. The number of nitrogens with one attached hydrogen (secondary N) is 3. The van der Waals surface area contributed by atoms with E-state index < -0.39 is 35.9 Å². The van der Waals surface area contributed by atoms with Gasteiger partial charge in [0.2, 0.25) is 11.8 Å². The van der Waals surface area contributed by atoms with Crippen LogP contribution in [0.2, 0.25) is 0 Å². The predicted octanol–water partition coefficient (Wildman–Crippen LogP) is -0.727. The molecule has 0 fully saturated rings. The van der Waals surface area contributed by atoms with Crippen LogP contribution in [-0.4, -0.2) is 95.2 Å². The number of alkyl carbamates (subject to hydrolysis) is 1. The number of ether oxygens (including phenoxy) is 5. The summed E-state index contributed by atoms with van der Waals surface area (Å²) in [5.41, 5.74) is 0. The van der Waals surface area contributed by atoms with E-state index >= 15 is 0 Å². The molecule has 0 aromatic rings. The molecule has 13 nitrogen and oxygen atoms in total. The molecule has 0 rings (SSSR count). The van der Waals surface area contributed by atoms with Crippen LogP contribution in [0.15, 0.2) is 0 Å². The van der Waals surface area contributed by atoms with Crippen molar-refractivity contribution >= 4 is 29.8 Å². The van der Waals surface area contributed by atoms with E-state index in [0.717, 1.165) is 0 Å². The molecule has 0 aliphatic carbocycles. The third-order valence-electron chi connectivity index (χ3n) is 3.62. The first-order chi connectivity index (χ1) is 15.8. The van der Waals surface area contributed by atoms with Gasteiger partial charge in [-0.05, 0) is 6.42 Å². The van der Waals surface area contributed by atoms with Gasteiger partial charge >= 0.3 is 18.0 Å². The van der Waals surface area contributed by atoms with E-state index in [2.05, 4.69) is 16.0 Å². The largest absolute Gasteiger partial charge is 0.463 e. The standard InChI is InChI=1S/C20H35N3O10/c1-4-7-33-20(28)23-17(19(27)22-6-9-30-11-13-32-16(3)25)14-18(26)21-5-8-29-10-12-31-15(2)24/h17H,4-14H2,1-3H3,(H,21,26)(H,22,27)(H,23,28). The van der Waals surface area contributed by atoms with Gasteiger partial charge in [0.15, 0.2) is 0 Å². The van der Waals surface area contributed by atoms with Gasteiger partial charge in [0.05, 0.1) is 39.5 Å². The van der Waals surface area contributed by atoms with Crippen LogP contribution in [0.1, 0.15) is 33.6 Å². The Morgan fingerprint density at radius 2 is 1.24 bits per heavy atom. The number of hydrogen-bond acceptors (Lipinski definition) is 10. The van der Waals surface area contributed by atoms with Gasteiger partial charge in [0, 0.05) is 26.9 Å². The summed E-state index contributed by atoms with van der Waals surface area (Å²) in [7, 11) is 0. The van der Waals surface area contributed by atoms with Crippen molar-refractivity contribution in [2.75, 3.05) is 59.3 Å². The molecule has 190 valence electrons. The highest BCUT2D eigenvalue weighted by Gasteiger charge is 2.24. The number of rotatable bonds is 18. The molecular formula is C20H35N3O10. The minimum absolute atomic E-state index is 0.102. The fraction of sp³-hybridized carbons (Fsp3) is 0.750. The quantitative estimate of drug-likeness (QED) is 0.130. The lowest BCUT2D eigenvalue weighted by atomic mass is 10.2. The summed E-state index contributed by atoms with van der Waals surface area (Å²) in [6.45, 7) is 5.77. The smallest absolute Gasteiger partial charge is 0.407 e. The predicted molar refractivity (Wildman–Crippen MR) is 114 cm³/mol. The number of hydrogen-bond donors (Lipinski definition) is 3. The zero-order chi connectivity index (χ0) is 24.9. The summed E-state index contributed by atoms with van der Waals surface area (Å²) in [5, 5.41) is 7.51. The Hall–Kier alpha value is -2.93. The van der Waals surface area contributed by atoms with Crippen LogP contribution in [0.3, 0.4) is 0 Å². The van der Waals surface area contributed by atoms with Crippen molar-refractivity contribution in [3.8, 4) is 0 Å². The van der Waals surface area contributed by atoms with Crippen LogP contribution < -0.4 is 16.0 Å². The number of amides is 3. The molecule has 0 radical (unpaired) electrons.